The lowest BCUT2D eigenvalue weighted by Crippen LogP contribution is -1.85. The summed E-state index contributed by atoms with van der Waals surface area (Å²) in [5.74, 6) is 0.832. The standard InChI is InChI=1S/C9H14O/c1-5-6-7-9(10-4)8(2)3/h5-7H,2H2,1,3-4H3. The van der Waals surface area contributed by atoms with Crippen LogP contribution in [0.25, 0.3) is 0 Å². The van der Waals surface area contributed by atoms with E-state index < -0.39 is 0 Å². The lowest BCUT2D eigenvalue weighted by atomic mass is 10.2. The fourth-order valence-electron chi connectivity index (χ4n) is 0.568. The van der Waals surface area contributed by atoms with Crippen molar-refractivity contribution >= 4 is 0 Å². The Hall–Kier alpha value is -0.980. The average molecular weight is 138 g/mol. The molecule has 0 fully saturated rings. The molecular formula is C9H14O. The number of rotatable bonds is 3. The largest absolute Gasteiger partial charge is 0.497 e. The molecule has 0 saturated heterocycles. The van der Waals surface area contributed by atoms with Gasteiger partial charge < -0.3 is 4.74 Å². The quantitative estimate of drug-likeness (QED) is 0.430. The molecule has 0 aromatic carbocycles. The van der Waals surface area contributed by atoms with Gasteiger partial charge in [-0.05, 0) is 25.5 Å². The fourth-order valence-corrected chi connectivity index (χ4v) is 0.568. The first-order valence-electron chi connectivity index (χ1n) is 3.25. The highest BCUT2D eigenvalue weighted by Crippen LogP contribution is 2.06. The van der Waals surface area contributed by atoms with Gasteiger partial charge in [0.1, 0.15) is 5.76 Å². The summed E-state index contributed by atoms with van der Waals surface area (Å²) in [7, 11) is 1.64. The van der Waals surface area contributed by atoms with Crippen molar-refractivity contribution in [2.75, 3.05) is 7.11 Å². The van der Waals surface area contributed by atoms with E-state index in [1.54, 1.807) is 7.11 Å². The SMILES string of the molecule is C=C(C)C(=CC=CC)OC. The Morgan fingerprint density at radius 2 is 2.10 bits per heavy atom. The highest BCUT2D eigenvalue weighted by Gasteiger charge is 1.91. The van der Waals surface area contributed by atoms with E-state index >= 15 is 0 Å². The summed E-state index contributed by atoms with van der Waals surface area (Å²) in [6.07, 6.45) is 5.76. The molecule has 0 aromatic rings. The van der Waals surface area contributed by atoms with E-state index in [1.165, 1.54) is 0 Å². The predicted octanol–water partition coefficient (Wildman–Crippen LogP) is 2.67. The maximum atomic E-state index is 5.02. The Bertz CT molecular complexity index is 164. The van der Waals surface area contributed by atoms with E-state index in [0.717, 1.165) is 11.3 Å². The van der Waals surface area contributed by atoms with E-state index in [4.69, 9.17) is 4.74 Å². The Morgan fingerprint density at radius 1 is 1.50 bits per heavy atom. The van der Waals surface area contributed by atoms with Gasteiger partial charge in [-0.2, -0.15) is 0 Å². The van der Waals surface area contributed by atoms with Crippen LogP contribution in [-0.2, 0) is 4.74 Å². The first-order valence-corrected chi connectivity index (χ1v) is 3.25. The molecule has 0 saturated carbocycles. The molecule has 0 spiro atoms. The van der Waals surface area contributed by atoms with Crippen molar-refractivity contribution < 1.29 is 4.74 Å². The smallest absolute Gasteiger partial charge is 0.121 e. The van der Waals surface area contributed by atoms with Gasteiger partial charge in [0.05, 0.1) is 7.11 Å². The van der Waals surface area contributed by atoms with E-state index in [1.807, 2.05) is 32.1 Å². The molecule has 1 nitrogen and oxygen atoms in total. The molecule has 0 aliphatic heterocycles. The molecule has 0 heterocycles. The molecule has 10 heavy (non-hydrogen) atoms. The first kappa shape index (κ1) is 9.02. The average Bonchev–Trinajstić information content (AvgIpc) is 1.89. The predicted molar refractivity (Wildman–Crippen MR) is 44.7 cm³/mol. The number of hydrogen-bond acceptors (Lipinski definition) is 1. The molecule has 56 valence electrons. The van der Waals surface area contributed by atoms with Gasteiger partial charge in [0.25, 0.3) is 0 Å². The van der Waals surface area contributed by atoms with Gasteiger partial charge in [-0.3, -0.25) is 0 Å². The normalized spacial score (nSPS) is 12.1. The second kappa shape index (κ2) is 4.86. The second-order valence-corrected chi connectivity index (χ2v) is 2.04. The van der Waals surface area contributed by atoms with Crippen molar-refractivity contribution in [1.29, 1.82) is 0 Å². The third kappa shape index (κ3) is 3.13. The lowest BCUT2D eigenvalue weighted by Gasteiger charge is -2.01. The van der Waals surface area contributed by atoms with E-state index in [2.05, 4.69) is 6.58 Å². The van der Waals surface area contributed by atoms with Crippen LogP contribution in [0.2, 0.25) is 0 Å². The van der Waals surface area contributed by atoms with Gasteiger partial charge in [0, 0.05) is 0 Å². The molecule has 0 aliphatic rings. The zero-order chi connectivity index (χ0) is 7.98. The molecule has 0 radical (unpaired) electrons. The van der Waals surface area contributed by atoms with E-state index in [9.17, 15) is 0 Å². The third-order valence-electron chi connectivity index (χ3n) is 1.08. The number of hydrogen-bond donors (Lipinski definition) is 0. The number of methoxy groups -OCH3 is 1. The van der Waals surface area contributed by atoms with Gasteiger partial charge in [0.2, 0.25) is 0 Å². The van der Waals surface area contributed by atoms with E-state index in [-0.39, 0.29) is 0 Å². The maximum absolute atomic E-state index is 5.02. The summed E-state index contributed by atoms with van der Waals surface area (Å²) in [5, 5.41) is 0. The van der Waals surface area contributed by atoms with Gasteiger partial charge in [-0.25, -0.2) is 0 Å². The summed E-state index contributed by atoms with van der Waals surface area (Å²) in [6.45, 7) is 7.63. The van der Waals surface area contributed by atoms with Crippen LogP contribution < -0.4 is 0 Å². The van der Waals surface area contributed by atoms with Crippen LogP contribution in [-0.4, -0.2) is 7.11 Å². The van der Waals surface area contributed by atoms with Gasteiger partial charge in [-0.15, -0.1) is 0 Å². The Balaban J connectivity index is 4.18. The van der Waals surface area contributed by atoms with E-state index in [0.29, 0.717) is 0 Å². The molecule has 0 N–H and O–H groups in total. The van der Waals surface area contributed by atoms with Crippen molar-refractivity contribution in [2.45, 2.75) is 13.8 Å². The Kier molecular flexibility index (Phi) is 4.38. The zero-order valence-corrected chi connectivity index (χ0v) is 6.85. The van der Waals surface area contributed by atoms with Crippen LogP contribution in [0, 0.1) is 0 Å². The topological polar surface area (TPSA) is 9.23 Å². The molecule has 0 unspecified atom stereocenters. The van der Waals surface area contributed by atoms with Crippen LogP contribution in [0.3, 0.4) is 0 Å². The molecule has 0 bridgehead atoms. The monoisotopic (exact) mass is 138 g/mol. The minimum atomic E-state index is 0.832. The fraction of sp³-hybridized carbons (Fsp3) is 0.333. The maximum Gasteiger partial charge on any atom is 0.121 e. The molecule has 0 aromatic heterocycles. The highest BCUT2D eigenvalue weighted by atomic mass is 16.5. The van der Waals surface area contributed by atoms with Crippen LogP contribution in [0.5, 0.6) is 0 Å². The van der Waals surface area contributed by atoms with Crippen LogP contribution >= 0.6 is 0 Å². The third-order valence-corrected chi connectivity index (χ3v) is 1.08. The zero-order valence-electron chi connectivity index (χ0n) is 6.85. The summed E-state index contributed by atoms with van der Waals surface area (Å²) in [4.78, 5) is 0. The van der Waals surface area contributed by atoms with Crippen LogP contribution in [0.15, 0.2) is 36.1 Å². The molecule has 0 aliphatic carbocycles. The molecule has 1 heteroatoms. The van der Waals surface area contributed by atoms with Crippen molar-refractivity contribution in [2.24, 2.45) is 0 Å². The number of allylic oxidation sites excluding steroid dienone is 4. The van der Waals surface area contributed by atoms with Crippen molar-refractivity contribution in [1.82, 2.24) is 0 Å². The highest BCUT2D eigenvalue weighted by molar-refractivity contribution is 5.24. The summed E-state index contributed by atoms with van der Waals surface area (Å²) < 4.78 is 5.02. The molecule has 0 atom stereocenters. The van der Waals surface area contributed by atoms with Crippen molar-refractivity contribution in [3.63, 3.8) is 0 Å². The van der Waals surface area contributed by atoms with Gasteiger partial charge >= 0.3 is 0 Å². The summed E-state index contributed by atoms with van der Waals surface area (Å²) in [5.41, 5.74) is 0.945. The van der Waals surface area contributed by atoms with Gasteiger partial charge in [-0.1, -0.05) is 18.7 Å². The number of ether oxygens (including phenoxy) is 1. The lowest BCUT2D eigenvalue weighted by molar-refractivity contribution is 0.301. The summed E-state index contributed by atoms with van der Waals surface area (Å²) >= 11 is 0. The van der Waals surface area contributed by atoms with Crippen molar-refractivity contribution in [3.05, 3.63) is 36.1 Å². The Labute approximate surface area is 62.7 Å². The first-order chi connectivity index (χ1) is 4.72. The summed E-state index contributed by atoms with van der Waals surface area (Å²) in [6, 6.07) is 0. The minimum absolute atomic E-state index is 0.832. The van der Waals surface area contributed by atoms with Crippen LogP contribution in [0.1, 0.15) is 13.8 Å². The molecule has 0 rings (SSSR count). The van der Waals surface area contributed by atoms with Crippen LogP contribution in [0.4, 0.5) is 0 Å². The minimum Gasteiger partial charge on any atom is -0.497 e. The molecular weight excluding hydrogens is 124 g/mol. The van der Waals surface area contributed by atoms with Crippen molar-refractivity contribution in [3.8, 4) is 0 Å². The molecule has 0 amide bonds. The second-order valence-electron chi connectivity index (χ2n) is 2.04. The van der Waals surface area contributed by atoms with Gasteiger partial charge in [0.15, 0.2) is 0 Å². The Morgan fingerprint density at radius 3 is 2.40 bits per heavy atom.